The van der Waals surface area contributed by atoms with Gasteiger partial charge in [-0.1, -0.05) is 18.2 Å². The Morgan fingerprint density at radius 2 is 1.81 bits per heavy atom. The van der Waals surface area contributed by atoms with Crippen LogP contribution < -0.4 is 10.1 Å². The highest BCUT2D eigenvalue weighted by Gasteiger charge is 2.57. The molecular weight excluding hydrogens is 328 g/mol. The van der Waals surface area contributed by atoms with E-state index in [9.17, 15) is 4.79 Å². The molecule has 0 bridgehead atoms. The molecule has 26 heavy (non-hydrogen) atoms. The number of ether oxygens (including phenoxy) is 2. The molecule has 0 atom stereocenters. The van der Waals surface area contributed by atoms with Crippen LogP contribution >= 0.6 is 0 Å². The van der Waals surface area contributed by atoms with E-state index in [2.05, 4.69) is 5.32 Å². The van der Waals surface area contributed by atoms with E-state index in [4.69, 9.17) is 9.47 Å². The SMILES string of the molecule is O=C(NC1CC(Oc2ccccc2)C1)N1CCOC(C2CC2)(C2CC2)C1. The molecule has 2 amide bonds. The molecule has 1 heterocycles. The first-order valence-electron chi connectivity index (χ1n) is 10.1. The monoisotopic (exact) mass is 356 g/mol. The molecule has 5 nitrogen and oxygen atoms in total. The normalized spacial score (nSPS) is 30.4. The van der Waals surface area contributed by atoms with Crippen LogP contribution in [0.15, 0.2) is 30.3 Å². The Balaban J connectivity index is 1.12. The van der Waals surface area contributed by atoms with Gasteiger partial charge in [0.15, 0.2) is 0 Å². The highest BCUT2D eigenvalue weighted by atomic mass is 16.5. The molecule has 1 aliphatic heterocycles. The number of carbonyl (C=O) groups excluding carboxylic acids is 1. The van der Waals surface area contributed by atoms with Crippen molar-refractivity contribution in [1.29, 1.82) is 0 Å². The van der Waals surface area contributed by atoms with Crippen LogP contribution in [-0.4, -0.2) is 48.4 Å². The number of rotatable bonds is 5. The van der Waals surface area contributed by atoms with E-state index in [0.717, 1.165) is 25.1 Å². The summed E-state index contributed by atoms with van der Waals surface area (Å²) in [6, 6.07) is 10.2. The molecule has 4 aliphatic rings. The van der Waals surface area contributed by atoms with Gasteiger partial charge in [-0.25, -0.2) is 4.79 Å². The van der Waals surface area contributed by atoms with Crippen molar-refractivity contribution in [3.63, 3.8) is 0 Å². The van der Waals surface area contributed by atoms with E-state index >= 15 is 0 Å². The summed E-state index contributed by atoms with van der Waals surface area (Å²) in [6.45, 7) is 2.18. The second-order valence-electron chi connectivity index (χ2n) is 8.44. The van der Waals surface area contributed by atoms with E-state index in [1.165, 1.54) is 25.7 Å². The first kappa shape index (κ1) is 16.4. The lowest BCUT2D eigenvalue weighted by molar-refractivity contribution is -0.125. The number of carbonyl (C=O) groups is 1. The maximum absolute atomic E-state index is 12.8. The van der Waals surface area contributed by atoms with Crippen LogP contribution in [-0.2, 0) is 4.74 Å². The fourth-order valence-corrected chi connectivity index (χ4v) is 4.65. The molecule has 1 saturated heterocycles. The minimum atomic E-state index is -0.0336. The maximum atomic E-state index is 12.8. The van der Waals surface area contributed by atoms with Crippen LogP contribution in [0.5, 0.6) is 5.75 Å². The number of hydrogen-bond donors (Lipinski definition) is 1. The zero-order valence-corrected chi connectivity index (χ0v) is 15.2. The van der Waals surface area contributed by atoms with Crippen molar-refractivity contribution in [3.05, 3.63) is 30.3 Å². The van der Waals surface area contributed by atoms with Crippen LogP contribution in [0.2, 0.25) is 0 Å². The van der Waals surface area contributed by atoms with Crippen molar-refractivity contribution in [2.45, 2.75) is 56.3 Å². The van der Waals surface area contributed by atoms with Crippen LogP contribution in [0.3, 0.4) is 0 Å². The summed E-state index contributed by atoms with van der Waals surface area (Å²) in [6.07, 6.45) is 7.08. The van der Waals surface area contributed by atoms with Crippen LogP contribution in [0.4, 0.5) is 4.79 Å². The number of urea groups is 1. The number of morpholine rings is 1. The van der Waals surface area contributed by atoms with Gasteiger partial charge in [0.1, 0.15) is 11.9 Å². The van der Waals surface area contributed by atoms with Gasteiger partial charge < -0.3 is 19.7 Å². The van der Waals surface area contributed by atoms with Crippen molar-refractivity contribution < 1.29 is 14.3 Å². The average molecular weight is 356 g/mol. The van der Waals surface area contributed by atoms with Crippen LogP contribution in [0.1, 0.15) is 38.5 Å². The topological polar surface area (TPSA) is 50.8 Å². The molecule has 0 spiro atoms. The van der Waals surface area contributed by atoms with Crippen LogP contribution in [0, 0.1) is 11.8 Å². The molecule has 1 N–H and O–H groups in total. The lowest BCUT2D eigenvalue weighted by atomic mass is 9.88. The summed E-state index contributed by atoms with van der Waals surface area (Å²) in [5.74, 6) is 2.27. The molecule has 1 aromatic rings. The van der Waals surface area contributed by atoms with Gasteiger partial charge in [-0.3, -0.25) is 0 Å². The molecule has 4 fully saturated rings. The number of amides is 2. The van der Waals surface area contributed by atoms with E-state index in [-0.39, 0.29) is 23.8 Å². The Morgan fingerprint density at radius 3 is 2.46 bits per heavy atom. The highest BCUT2D eigenvalue weighted by molar-refractivity contribution is 5.75. The molecule has 5 heteroatoms. The van der Waals surface area contributed by atoms with Crippen molar-refractivity contribution in [2.75, 3.05) is 19.7 Å². The molecular formula is C21H28N2O3. The Morgan fingerprint density at radius 1 is 1.12 bits per heavy atom. The van der Waals surface area contributed by atoms with Crippen LogP contribution in [0.25, 0.3) is 0 Å². The molecule has 3 aliphatic carbocycles. The second-order valence-corrected chi connectivity index (χ2v) is 8.44. The second kappa shape index (κ2) is 6.45. The Hall–Kier alpha value is -1.75. The molecule has 1 aromatic carbocycles. The summed E-state index contributed by atoms with van der Waals surface area (Å²) < 4.78 is 12.2. The van der Waals surface area contributed by atoms with Crippen molar-refractivity contribution in [1.82, 2.24) is 10.2 Å². The first-order chi connectivity index (χ1) is 12.7. The Labute approximate surface area is 155 Å². The third-order valence-corrected chi connectivity index (χ3v) is 6.46. The molecule has 3 saturated carbocycles. The number of benzene rings is 1. The lowest BCUT2D eigenvalue weighted by Crippen LogP contribution is -2.60. The predicted molar refractivity (Wildman–Crippen MR) is 98.1 cm³/mol. The largest absolute Gasteiger partial charge is 0.490 e. The first-order valence-corrected chi connectivity index (χ1v) is 10.1. The zero-order chi connectivity index (χ0) is 17.6. The fraction of sp³-hybridized carbons (Fsp3) is 0.667. The minimum Gasteiger partial charge on any atom is -0.490 e. The van der Waals surface area contributed by atoms with Crippen molar-refractivity contribution in [2.24, 2.45) is 11.8 Å². The quantitative estimate of drug-likeness (QED) is 0.881. The van der Waals surface area contributed by atoms with Gasteiger partial charge in [0.25, 0.3) is 0 Å². The van der Waals surface area contributed by atoms with E-state index < -0.39 is 0 Å². The average Bonchev–Trinajstić information content (AvgIpc) is 3.52. The summed E-state index contributed by atoms with van der Waals surface area (Å²) in [5.41, 5.74) is -0.0336. The fourth-order valence-electron chi connectivity index (χ4n) is 4.65. The van der Waals surface area contributed by atoms with E-state index in [1.54, 1.807) is 0 Å². The molecule has 140 valence electrons. The number of para-hydroxylation sites is 1. The summed E-state index contributed by atoms with van der Waals surface area (Å²) in [4.78, 5) is 14.8. The van der Waals surface area contributed by atoms with Crippen molar-refractivity contribution >= 4 is 6.03 Å². The van der Waals surface area contributed by atoms with Gasteiger partial charge in [0, 0.05) is 25.4 Å². The standard InChI is InChI=1S/C21H28N2O3/c24-20(22-17-12-19(13-17)26-18-4-2-1-3-5-18)23-10-11-25-21(14-23,15-6-7-15)16-8-9-16/h1-5,15-17,19H,6-14H2,(H,22,24). The molecule has 5 rings (SSSR count). The summed E-state index contributed by atoms with van der Waals surface area (Å²) >= 11 is 0. The third-order valence-electron chi connectivity index (χ3n) is 6.46. The highest BCUT2D eigenvalue weighted by Crippen LogP contribution is 2.55. The molecule has 0 aromatic heterocycles. The lowest BCUT2D eigenvalue weighted by Gasteiger charge is -2.45. The zero-order valence-electron chi connectivity index (χ0n) is 15.2. The summed E-state index contributed by atoms with van der Waals surface area (Å²) in [5, 5.41) is 3.21. The smallest absolute Gasteiger partial charge is 0.317 e. The Bertz CT molecular complexity index is 638. The number of hydrogen-bond acceptors (Lipinski definition) is 3. The van der Waals surface area contributed by atoms with Gasteiger partial charge in [-0.2, -0.15) is 0 Å². The van der Waals surface area contributed by atoms with E-state index in [0.29, 0.717) is 25.0 Å². The Kier molecular flexibility index (Phi) is 4.07. The van der Waals surface area contributed by atoms with E-state index in [1.807, 2.05) is 35.2 Å². The molecule has 0 radical (unpaired) electrons. The predicted octanol–water partition coefficient (Wildman–Crippen LogP) is 3.20. The third kappa shape index (κ3) is 3.18. The molecule has 0 unspecified atom stereocenters. The maximum Gasteiger partial charge on any atom is 0.317 e. The summed E-state index contributed by atoms with van der Waals surface area (Å²) in [7, 11) is 0. The minimum absolute atomic E-state index is 0.0336. The van der Waals surface area contributed by atoms with Crippen molar-refractivity contribution in [3.8, 4) is 5.75 Å². The number of nitrogens with one attached hydrogen (secondary N) is 1. The van der Waals surface area contributed by atoms with Gasteiger partial charge in [0.2, 0.25) is 0 Å². The van der Waals surface area contributed by atoms with Gasteiger partial charge in [-0.15, -0.1) is 0 Å². The van der Waals surface area contributed by atoms with Gasteiger partial charge in [-0.05, 0) is 49.7 Å². The van der Waals surface area contributed by atoms with Gasteiger partial charge >= 0.3 is 6.03 Å². The van der Waals surface area contributed by atoms with Gasteiger partial charge in [0.05, 0.1) is 18.8 Å². The number of nitrogens with zero attached hydrogens (tertiary/aromatic N) is 1.